The van der Waals surface area contributed by atoms with E-state index in [4.69, 9.17) is 4.74 Å². The number of carbonyl (C=O) groups is 1. The standard InChI is InChI=1S/C16H22N4O8S/c1-16(2,3)28-15(21)17-11-6-8-18(9-7-11)29(26,27)14-5-4-12(19(22)23)10-13(14)20(24)25/h4-5,10-11H,6-9H2,1-3H3,(H,17,21). The molecule has 1 N–H and O–H groups in total. The highest BCUT2D eigenvalue weighted by atomic mass is 32.2. The number of hydrogen-bond donors (Lipinski definition) is 1. The number of nitro groups is 2. The average molecular weight is 430 g/mol. The molecule has 0 unspecified atom stereocenters. The number of sulfonamides is 1. The molecule has 1 aliphatic rings. The Kier molecular flexibility index (Phi) is 6.43. The van der Waals surface area contributed by atoms with E-state index < -0.39 is 47.8 Å². The summed E-state index contributed by atoms with van der Waals surface area (Å²) in [6, 6.07) is 2.11. The van der Waals surface area contributed by atoms with E-state index in [9.17, 15) is 33.4 Å². The molecule has 1 amide bonds. The van der Waals surface area contributed by atoms with Crippen molar-refractivity contribution in [3.8, 4) is 0 Å². The van der Waals surface area contributed by atoms with Crippen molar-refractivity contribution in [2.24, 2.45) is 0 Å². The van der Waals surface area contributed by atoms with E-state index in [2.05, 4.69) is 5.32 Å². The molecule has 13 heteroatoms. The number of ether oxygens (including phenoxy) is 1. The van der Waals surface area contributed by atoms with Crippen molar-refractivity contribution < 1.29 is 27.8 Å². The number of nitro benzene ring substituents is 2. The van der Waals surface area contributed by atoms with Gasteiger partial charge in [-0.05, 0) is 39.7 Å². The summed E-state index contributed by atoms with van der Waals surface area (Å²) in [5, 5.41) is 24.8. The van der Waals surface area contributed by atoms with Crippen LogP contribution in [0.15, 0.2) is 23.1 Å². The SMILES string of the molecule is CC(C)(C)OC(=O)NC1CCN(S(=O)(=O)c2ccc([N+](=O)[O-])cc2[N+](=O)[O-])CC1. The van der Waals surface area contributed by atoms with Crippen molar-refractivity contribution in [2.45, 2.75) is 50.2 Å². The lowest BCUT2D eigenvalue weighted by Gasteiger charge is -2.32. The molecule has 1 aliphatic heterocycles. The van der Waals surface area contributed by atoms with Crippen molar-refractivity contribution in [2.75, 3.05) is 13.1 Å². The minimum atomic E-state index is -4.24. The third-order valence-corrected chi connectivity index (χ3v) is 6.09. The van der Waals surface area contributed by atoms with Crippen LogP contribution >= 0.6 is 0 Å². The molecule has 12 nitrogen and oxygen atoms in total. The molecule has 1 fully saturated rings. The number of rotatable bonds is 5. The Balaban J connectivity index is 2.13. The second kappa shape index (κ2) is 8.29. The predicted molar refractivity (Wildman–Crippen MR) is 101 cm³/mol. The zero-order valence-corrected chi connectivity index (χ0v) is 17.0. The highest BCUT2D eigenvalue weighted by Gasteiger charge is 2.36. The number of carbonyl (C=O) groups excluding carboxylic acids is 1. The van der Waals surface area contributed by atoms with Crippen molar-refractivity contribution in [3.05, 3.63) is 38.4 Å². The first-order chi connectivity index (χ1) is 13.3. The highest BCUT2D eigenvalue weighted by molar-refractivity contribution is 7.89. The molecule has 0 saturated carbocycles. The van der Waals surface area contributed by atoms with E-state index in [1.807, 2.05) is 0 Å². The summed E-state index contributed by atoms with van der Waals surface area (Å²) < 4.78 is 31.9. The fourth-order valence-electron chi connectivity index (χ4n) is 2.83. The second-order valence-corrected chi connectivity index (χ2v) is 9.40. The molecule has 0 atom stereocenters. The lowest BCUT2D eigenvalue weighted by atomic mass is 10.1. The van der Waals surface area contributed by atoms with Crippen LogP contribution in [0, 0.1) is 20.2 Å². The van der Waals surface area contributed by atoms with Gasteiger partial charge in [-0.1, -0.05) is 0 Å². The van der Waals surface area contributed by atoms with Crippen LogP contribution in [0.1, 0.15) is 33.6 Å². The monoisotopic (exact) mass is 430 g/mol. The van der Waals surface area contributed by atoms with E-state index in [1.165, 1.54) is 0 Å². The first-order valence-electron chi connectivity index (χ1n) is 8.74. The van der Waals surface area contributed by atoms with E-state index in [1.54, 1.807) is 20.8 Å². The van der Waals surface area contributed by atoms with Gasteiger partial charge in [-0.15, -0.1) is 0 Å². The summed E-state index contributed by atoms with van der Waals surface area (Å²) >= 11 is 0. The fraction of sp³-hybridized carbons (Fsp3) is 0.562. The van der Waals surface area contributed by atoms with Crippen molar-refractivity contribution in [1.29, 1.82) is 0 Å². The third-order valence-electron chi connectivity index (χ3n) is 4.14. The van der Waals surface area contributed by atoms with Crippen LogP contribution in [-0.4, -0.2) is 53.4 Å². The maximum absolute atomic E-state index is 12.8. The quantitative estimate of drug-likeness (QED) is 0.549. The number of non-ortho nitro benzene ring substituents is 1. The molecule has 1 heterocycles. The molecule has 1 aromatic rings. The van der Waals surface area contributed by atoms with Crippen LogP contribution < -0.4 is 5.32 Å². The number of amides is 1. The summed E-state index contributed by atoms with van der Waals surface area (Å²) in [5.41, 5.74) is -2.09. The topological polar surface area (TPSA) is 162 Å². The number of hydrogen-bond acceptors (Lipinski definition) is 8. The van der Waals surface area contributed by atoms with Crippen molar-refractivity contribution in [3.63, 3.8) is 0 Å². The van der Waals surface area contributed by atoms with E-state index >= 15 is 0 Å². The lowest BCUT2D eigenvalue weighted by molar-refractivity contribution is -0.396. The number of nitrogens with zero attached hydrogens (tertiary/aromatic N) is 3. The van der Waals surface area contributed by atoms with E-state index in [-0.39, 0.29) is 19.1 Å². The summed E-state index contributed by atoms with van der Waals surface area (Å²) in [5.74, 6) is 0. The van der Waals surface area contributed by atoms with Crippen LogP contribution in [0.25, 0.3) is 0 Å². The van der Waals surface area contributed by atoms with Gasteiger partial charge < -0.3 is 10.1 Å². The fourth-order valence-corrected chi connectivity index (χ4v) is 4.44. The molecule has 160 valence electrons. The highest BCUT2D eigenvalue weighted by Crippen LogP contribution is 2.31. The van der Waals surface area contributed by atoms with Gasteiger partial charge in [0.05, 0.1) is 15.9 Å². The Bertz CT molecular complexity index is 917. The molecule has 29 heavy (non-hydrogen) atoms. The Labute approximate surface area is 167 Å². The van der Waals surface area contributed by atoms with Crippen LogP contribution in [0.5, 0.6) is 0 Å². The Hall–Kier alpha value is -2.80. The van der Waals surface area contributed by atoms with Gasteiger partial charge in [0.1, 0.15) is 5.60 Å². The smallest absolute Gasteiger partial charge is 0.407 e. The molecule has 1 aromatic carbocycles. The van der Waals surface area contributed by atoms with E-state index in [0.717, 1.165) is 16.4 Å². The van der Waals surface area contributed by atoms with Gasteiger partial charge in [-0.2, -0.15) is 4.31 Å². The van der Waals surface area contributed by atoms with Crippen molar-refractivity contribution >= 4 is 27.5 Å². The minimum absolute atomic E-state index is 0.0247. The molecule has 1 saturated heterocycles. The van der Waals surface area contributed by atoms with Crippen LogP contribution in [0.3, 0.4) is 0 Å². The first kappa shape index (κ1) is 22.5. The van der Waals surface area contributed by atoms with Gasteiger partial charge in [-0.3, -0.25) is 20.2 Å². The summed E-state index contributed by atoms with van der Waals surface area (Å²) in [6.45, 7) is 5.21. The van der Waals surface area contributed by atoms with Gasteiger partial charge in [0.25, 0.3) is 11.4 Å². The summed E-state index contributed by atoms with van der Waals surface area (Å²) in [6.07, 6.45) is -0.0248. The van der Waals surface area contributed by atoms with Crippen LogP contribution in [0.2, 0.25) is 0 Å². The molecular formula is C16H22N4O8S. The zero-order valence-electron chi connectivity index (χ0n) is 16.2. The second-order valence-electron chi connectivity index (χ2n) is 7.49. The van der Waals surface area contributed by atoms with Crippen LogP contribution in [-0.2, 0) is 14.8 Å². The Morgan fingerprint density at radius 2 is 1.76 bits per heavy atom. The molecule has 0 aromatic heterocycles. The van der Waals surface area contributed by atoms with Gasteiger partial charge in [0.2, 0.25) is 10.0 Å². The zero-order chi connectivity index (χ0) is 22.0. The van der Waals surface area contributed by atoms with Gasteiger partial charge >= 0.3 is 6.09 Å². The molecule has 0 radical (unpaired) electrons. The normalized spacial score (nSPS) is 16.2. The van der Waals surface area contributed by atoms with E-state index in [0.29, 0.717) is 18.9 Å². The molecular weight excluding hydrogens is 408 g/mol. The Morgan fingerprint density at radius 3 is 2.24 bits per heavy atom. The minimum Gasteiger partial charge on any atom is -0.444 e. The predicted octanol–water partition coefficient (Wildman–Crippen LogP) is 2.18. The number of alkyl carbamates (subject to hydrolysis) is 1. The third kappa shape index (κ3) is 5.60. The molecule has 0 spiro atoms. The molecule has 0 bridgehead atoms. The maximum atomic E-state index is 12.8. The van der Waals surface area contributed by atoms with Gasteiger partial charge in [0, 0.05) is 25.2 Å². The number of piperidine rings is 1. The van der Waals surface area contributed by atoms with Crippen molar-refractivity contribution in [1.82, 2.24) is 9.62 Å². The van der Waals surface area contributed by atoms with Crippen LogP contribution in [0.4, 0.5) is 16.2 Å². The summed E-state index contributed by atoms with van der Waals surface area (Å²) in [7, 11) is -4.24. The van der Waals surface area contributed by atoms with Gasteiger partial charge in [0.15, 0.2) is 4.90 Å². The largest absolute Gasteiger partial charge is 0.444 e. The number of nitrogens with one attached hydrogen (secondary N) is 1. The Morgan fingerprint density at radius 1 is 1.17 bits per heavy atom. The lowest BCUT2D eigenvalue weighted by Crippen LogP contribution is -2.47. The first-order valence-corrected chi connectivity index (χ1v) is 10.2. The van der Waals surface area contributed by atoms with Gasteiger partial charge in [-0.25, -0.2) is 13.2 Å². The average Bonchev–Trinajstić information content (AvgIpc) is 2.59. The number of benzene rings is 1. The maximum Gasteiger partial charge on any atom is 0.407 e. The summed E-state index contributed by atoms with van der Waals surface area (Å²) in [4.78, 5) is 31.5. The molecule has 2 rings (SSSR count). The molecule has 0 aliphatic carbocycles.